The second kappa shape index (κ2) is 7.22. The molecule has 3 aromatic rings. The van der Waals surface area contributed by atoms with Crippen LogP contribution in [0, 0.1) is 0 Å². The average molecular weight is 420 g/mol. The standard InChI is InChI=1S/C16H9Cl2F2NO4S/c17-8-2-1-3-9(18)11(8)12-13(25-16(23)24)7-4-5-26-15(7)21(14(12)22)6-10(19)20/h1-5,10H,6H2,(H,23,24). The van der Waals surface area contributed by atoms with Gasteiger partial charge in [-0.25, -0.2) is 13.6 Å². The summed E-state index contributed by atoms with van der Waals surface area (Å²) in [6.07, 6.45) is -4.45. The van der Waals surface area contributed by atoms with E-state index in [1.165, 1.54) is 24.3 Å². The molecule has 0 fully saturated rings. The van der Waals surface area contributed by atoms with Crippen molar-refractivity contribution in [3.8, 4) is 16.9 Å². The molecule has 10 heteroatoms. The lowest BCUT2D eigenvalue weighted by Gasteiger charge is -2.16. The Morgan fingerprint density at radius 3 is 2.46 bits per heavy atom. The van der Waals surface area contributed by atoms with Crippen LogP contribution in [0.5, 0.6) is 5.75 Å². The Morgan fingerprint density at radius 1 is 1.23 bits per heavy atom. The van der Waals surface area contributed by atoms with Gasteiger partial charge in [-0.05, 0) is 23.6 Å². The highest BCUT2D eigenvalue weighted by Crippen LogP contribution is 2.42. The molecule has 136 valence electrons. The van der Waals surface area contributed by atoms with Crippen molar-refractivity contribution in [2.75, 3.05) is 0 Å². The fourth-order valence-corrected chi connectivity index (χ4v) is 4.09. The molecule has 0 aliphatic rings. The number of hydrogen-bond acceptors (Lipinski definition) is 4. The predicted molar refractivity (Wildman–Crippen MR) is 96.2 cm³/mol. The summed E-state index contributed by atoms with van der Waals surface area (Å²) in [6.45, 7) is -0.863. The second-order valence-corrected chi connectivity index (χ2v) is 6.82. The molecule has 2 heterocycles. The first-order valence-corrected chi connectivity index (χ1v) is 8.72. The molecule has 5 nitrogen and oxygen atoms in total. The minimum absolute atomic E-state index is 0.0215. The SMILES string of the molecule is O=C(O)Oc1c(-c2c(Cl)cccc2Cl)c(=O)n(CC(F)F)c2sccc12. The van der Waals surface area contributed by atoms with Crippen LogP contribution in [0.2, 0.25) is 10.0 Å². The lowest BCUT2D eigenvalue weighted by Crippen LogP contribution is -2.26. The first-order chi connectivity index (χ1) is 12.3. The zero-order valence-corrected chi connectivity index (χ0v) is 15.0. The number of alkyl halides is 2. The van der Waals surface area contributed by atoms with Gasteiger partial charge in [-0.3, -0.25) is 9.36 Å². The fraction of sp³-hybridized carbons (Fsp3) is 0.125. The second-order valence-electron chi connectivity index (χ2n) is 5.12. The number of pyridine rings is 1. The molecule has 0 bridgehead atoms. The van der Waals surface area contributed by atoms with Crippen LogP contribution in [0.3, 0.4) is 0 Å². The van der Waals surface area contributed by atoms with Crippen molar-refractivity contribution in [3.63, 3.8) is 0 Å². The van der Waals surface area contributed by atoms with Crippen LogP contribution in [0.25, 0.3) is 21.3 Å². The highest BCUT2D eigenvalue weighted by Gasteiger charge is 2.26. The van der Waals surface area contributed by atoms with E-state index >= 15 is 0 Å². The molecule has 3 rings (SSSR count). The van der Waals surface area contributed by atoms with E-state index in [0.29, 0.717) is 0 Å². The Bertz CT molecular complexity index is 1040. The molecule has 2 aromatic heterocycles. The van der Waals surface area contributed by atoms with E-state index < -0.39 is 24.7 Å². The Hall–Kier alpha value is -2.16. The van der Waals surface area contributed by atoms with E-state index in [2.05, 4.69) is 0 Å². The Kier molecular flexibility index (Phi) is 5.17. The van der Waals surface area contributed by atoms with Crippen LogP contribution >= 0.6 is 34.5 Å². The van der Waals surface area contributed by atoms with Crippen molar-refractivity contribution < 1.29 is 23.4 Å². The molecule has 26 heavy (non-hydrogen) atoms. The summed E-state index contributed by atoms with van der Waals surface area (Å²) in [7, 11) is 0. The minimum Gasteiger partial charge on any atom is -0.449 e. The van der Waals surface area contributed by atoms with Gasteiger partial charge in [0.25, 0.3) is 12.0 Å². The van der Waals surface area contributed by atoms with Crippen LogP contribution < -0.4 is 10.3 Å². The Labute approximate surface area is 159 Å². The maximum Gasteiger partial charge on any atom is 0.511 e. The van der Waals surface area contributed by atoms with Crippen molar-refractivity contribution in [1.29, 1.82) is 0 Å². The van der Waals surface area contributed by atoms with Crippen LogP contribution in [0.4, 0.5) is 13.6 Å². The molecule has 1 N–H and O–H groups in total. The first-order valence-electron chi connectivity index (χ1n) is 7.08. The van der Waals surface area contributed by atoms with E-state index in [1.807, 2.05) is 0 Å². The third-order valence-corrected chi connectivity index (χ3v) is 5.11. The summed E-state index contributed by atoms with van der Waals surface area (Å²) in [5, 5.41) is 10.9. The highest BCUT2D eigenvalue weighted by atomic mass is 35.5. The van der Waals surface area contributed by atoms with Crippen molar-refractivity contribution in [2.24, 2.45) is 0 Å². The number of carbonyl (C=O) groups is 1. The van der Waals surface area contributed by atoms with E-state index in [1.54, 1.807) is 5.38 Å². The van der Waals surface area contributed by atoms with Gasteiger partial charge in [0.05, 0.1) is 27.5 Å². The minimum atomic E-state index is -2.79. The van der Waals surface area contributed by atoms with Gasteiger partial charge in [-0.2, -0.15) is 0 Å². The number of hydrogen-bond donors (Lipinski definition) is 1. The van der Waals surface area contributed by atoms with Crippen LogP contribution in [-0.4, -0.2) is 22.3 Å². The number of nitrogens with zero attached hydrogens (tertiary/aromatic N) is 1. The molecule has 0 saturated heterocycles. The van der Waals surface area contributed by atoms with Gasteiger partial charge in [0.15, 0.2) is 5.75 Å². The topological polar surface area (TPSA) is 68.5 Å². The van der Waals surface area contributed by atoms with Gasteiger partial charge in [0, 0.05) is 5.56 Å². The van der Waals surface area contributed by atoms with Crippen LogP contribution in [0.15, 0.2) is 34.4 Å². The average Bonchev–Trinajstić information content (AvgIpc) is 3.02. The molecule has 1 aromatic carbocycles. The molecule has 0 radical (unpaired) electrons. The maximum atomic E-state index is 13.0. The molecule has 0 atom stereocenters. The summed E-state index contributed by atoms with van der Waals surface area (Å²) in [6, 6.07) is 5.91. The number of benzene rings is 1. The highest BCUT2D eigenvalue weighted by molar-refractivity contribution is 7.16. The molecule has 0 spiro atoms. The number of aromatic nitrogens is 1. The van der Waals surface area contributed by atoms with Gasteiger partial charge in [0.2, 0.25) is 0 Å². The molecular weight excluding hydrogens is 411 g/mol. The van der Waals surface area contributed by atoms with E-state index in [0.717, 1.165) is 15.9 Å². The summed E-state index contributed by atoms with van der Waals surface area (Å²) in [4.78, 5) is 24.3. The number of rotatable bonds is 4. The molecule has 0 amide bonds. The van der Waals surface area contributed by atoms with E-state index in [4.69, 9.17) is 33.0 Å². The summed E-state index contributed by atoms with van der Waals surface area (Å²) < 4.78 is 31.7. The van der Waals surface area contributed by atoms with E-state index in [9.17, 15) is 18.4 Å². The van der Waals surface area contributed by atoms with Gasteiger partial charge in [-0.15, -0.1) is 11.3 Å². The first kappa shape index (κ1) is 18.6. The third-order valence-electron chi connectivity index (χ3n) is 3.54. The Balaban J connectivity index is 2.48. The largest absolute Gasteiger partial charge is 0.511 e. The van der Waals surface area contributed by atoms with Crippen molar-refractivity contribution in [1.82, 2.24) is 4.57 Å². The molecule has 0 saturated carbocycles. The normalized spacial score (nSPS) is 11.3. The zero-order valence-electron chi connectivity index (χ0n) is 12.7. The van der Waals surface area contributed by atoms with E-state index in [-0.39, 0.29) is 37.1 Å². The van der Waals surface area contributed by atoms with Crippen LogP contribution in [-0.2, 0) is 6.54 Å². The van der Waals surface area contributed by atoms with Gasteiger partial charge in [0.1, 0.15) is 4.83 Å². The number of ether oxygens (including phenoxy) is 1. The third kappa shape index (κ3) is 3.27. The van der Waals surface area contributed by atoms with Crippen molar-refractivity contribution >= 4 is 50.9 Å². The van der Waals surface area contributed by atoms with Crippen molar-refractivity contribution in [3.05, 3.63) is 50.0 Å². The van der Waals surface area contributed by atoms with Gasteiger partial charge < -0.3 is 9.84 Å². The van der Waals surface area contributed by atoms with Crippen molar-refractivity contribution in [2.45, 2.75) is 13.0 Å². The lowest BCUT2D eigenvalue weighted by atomic mass is 10.0. The maximum absolute atomic E-state index is 13.0. The number of thiophene rings is 1. The van der Waals surface area contributed by atoms with Crippen LogP contribution in [0.1, 0.15) is 0 Å². The summed E-state index contributed by atoms with van der Waals surface area (Å²) in [5.41, 5.74) is -1.13. The smallest absolute Gasteiger partial charge is 0.449 e. The molecule has 0 aliphatic carbocycles. The number of fused-ring (bicyclic) bond motifs is 1. The number of carboxylic acid groups (broad SMARTS) is 1. The van der Waals surface area contributed by atoms with Gasteiger partial charge >= 0.3 is 6.16 Å². The fourth-order valence-electron chi connectivity index (χ4n) is 2.60. The lowest BCUT2D eigenvalue weighted by molar-refractivity contribution is 0.126. The zero-order chi connectivity index (χ0) is 19.0. The quantitative estimate of drug-likeness (QED) is 0.578. The number of halogens is 4. The van der Waals surface area contributed by atoms with Gasteiger partial charge in [-0.1, -0.05) is 29.3 Å². The molecular formula is C16H9Cl2F2NO4S. The monoisotopic (exact) mass is 419 g/mol. The summed E-state index contributed by atoms with van der Waals surface area (Å²) >= 11 is 13.3. The molecule has 0 unspecified atom stereocenters. The summed E-state index contributed by atoms with van der Waals surface area (Å²) in [5.74, 6) is -0.292. The predicted octanol–water partition coefficient (Wildman–Crippen LogP) is 5.36. The molecule has 0 aliphatic heterocycles. The Morgan fingerprint density at radius 2 is 1.88 bits per heavy atom.